The Morgan fingerprint density at radius 2 is 0.549 bits per heavy atom. The van der Waals surface area contributed by atoms with Gasteiger partial charge >= 0.3 is 29.8 Å². The fourth-order valence-electron chi connectivity index (χ4n) is 16.7. The second kappa shape index (κ2) is 44.2. The van der Waals surface area contributed by atoms with Crippen LogP contribution in [0.4, 0.5) is 4.39 Å². The molecule has 734 valence electrons. The first kappa shape index (κ1) is 100.0. The van der Waals surface area contributed by atoms with E-state index in [0.29, 0.717) is 28.9 Å². The molecule has 0 bridgehead atoms. The molecule has 0 aliphatic rings. The Bertz CT molecular complexity index is 7330. The zero-order valence-corrected chi connectivity index (χ0v) is 81.9. The molecule has 0 saturated carbocycles. The van der Waals surface area contributed by atoms with Crippen LogP contribution < -0.4 is 0 Å². The maximum Gasteiger partial charge on any atom is 0.338 e. The molecule has 20 rings (SSSR count). The maximum absolute atomic E-state index is 13.9. The van der Waals surface area contributed by atoms with Crippen LogP contribution in [0.1, 0.15) is 92.0 Å². The first-order chi connectivity index (χ1) is 69.3. The van der Waals surface area contributed by atoms with Crippen molar-refractivity contribution in [3.8, 4) is 113 Å². The lowest BCUT2D eigenvalue weighted by atomic mass is 9.99. The molecule has 15 aromatic heterocycles. The third-order valence-corrected chi connectivity index (χ3v) is 24.5. The third kappa shape index (κ3) is 22.8. The Kier molecular flexibility index (Phi) is 30.7. The summed E-state index contributed by atoms with van der Waals surface area (Å²) in [6, 6.07) is 46.3. The summed E-state index contributed by atoms with van der Waals surface area (Å²) in [7, 11) is 20.1. The summed E-state index contributed by atoms with van der Waals surface area (Å²) in [6.45, 7) is 7.81. The summed E-state index contributed by atoms with van der Waals surface area (Å²) < 4.78 is 13.9. The Morgan fingerprint density at radius 3 is 0.812 bits per heavy atom. The van der Waals surface area contributed by atoms with E-state index in [1.54, 1.807) is 99.4 Å². The highest BCUT2D eigenvalue weighted by atomic mass is 35.5. The molecule has 0 atom stereocenters. The smallest absolute Gasteiger partial charge is 0.338 e. The minimum Gasteiger partial charge on any atom is -0.478 e. The van der Waals surface area contributed by atoms with Crippen LogP contribution >= 0.6 is 11.6 Å². The number of nitrogens with zero attached hydrogens (tertiary/aromatic N) is 15. The van der Waals surface area contributed by atoms with Crippen molar-refractivity contribution in [1.82, 2.24) is 124 Å². The average Bonchev–Trinajstić information content (AvgIpc) is 1.67. The average molecular weight is 1960 g/mol. The molecule has 0 aliphatic heterocycles. The molecule has 20 aromatic rings. The van der Waals surface area contributed by atoms with Crippen LogP contribution in [0.5, 0.6) is 0 Å². The largest absolute Gasteiger partial charge is 0.478 e. The van der Waals surface area contributed by atoms with E-state index in [0.717, 1.165) is 250 Å². The van der Waals surface area contributed by atoms with Gasteiger partial charge in [-0.3, -0.25) is 0 Å². The highest BCUT2D eigenvalue weighted by Crippen LogP contribution is 2.42. The van der Waals surface area contributed by atoms with Crippen LogP contribution in [0, 0.1) is 19.7 Å². The molecule has 37 heteroatoms. The molecule has 144 heavy (non-hydrogen) atoms. The van der Waals surface area contributed by atoms with E-state index in [4.69, 9.17) is 36.5 Å². The Balaban J connectivity index is 0.000000129. The van der Waals surface area contributed by atoms with E-state index in [2.05, 4.69) is 99.3 Å². The van der Waals surface area contributed by atoms with Crippen molar-refractivity contribution < 1.29 is 53.9 Å². The van der Waals surface area contributed by atoms with E-state index in [-0.39, 0.29) is 32.8 Å². The molecular weight excluding hydrogens is 1850 g/mol. The predicted molar refractivity (Wildman–Crippen MR) is 556 cm³/mol. The molecule has 0 fully saturated rings. The second-order valence-electron chi connectivity index (χ2n) is 35.8. The number of fused-ring (bicyclic) bond motifs is 5. The predicted octanol–water partition coefficient (Wildman–Crippen LogP) is 18.5. The molecule has 0 radical (unpaired) electrons. The van der Waals surface area contributed by atoms with Gasteiger partial charge in [0.15, 0.2) is 0 Å². The molecular formula is C107H107ClFN25O10. The molecule has 0 spiro atoms. The standard InChI is InChI=1S/2C22H23N5O2.C21H20ClN5O2.C21H20FN5O2.C21H21N5O2/c2*1-13-4-5-14(12-17(13)22(28)29)19-20(26-18(25-19)8-11-27(2)3)15-6-9-23-21-16(15)7-10-24-21;2*1-27(2)10-7-17-25-18(12-3-4-16(22)15(11-12)21(28)29)19(26-17)13-5-8-23-20-14(13)6-9-24-20;1-26(2)11-8-17-24-18(13-4-3-5-14(12-13)21(27)28)19(25-17)15-6-9-22-20-16(15)7-10-23-20/h2*4-7,9-10,12H,8,11H2,1-3H3,(H,23,24)(H,25,26)(H,28,29);2*3-6,8-9,11H,7,10H2,1-2H3,(H,23,24)(H,25,26)(H,28,29);3-7,9-10,12H,8,11H2,1-2H3,(H,22,23)(H,24,25)(H,27,28). The van der Waals surface area contributed by atoms with Crippen molar-refractivity contribution in [2.75, 3.05) is 103 Å². The van der Waals surface area contributed by atoms with Crippen molar-refractivity contribution in [1.29, 1.82) is 0 Å². The summed E-state index contributed by atoms with van der Waals surface area (Å²) in [5, 5.41) is 52.2. The number of benzene rings is 5. The van der Waals surface area contributed by atoms with Gasteiger partial charge in [0.2, 0.25) is 0 Å². The normalized spacial score (nSPS) is 11.4. The number of rotatable bonds is 30. The maximum atomic E-state index is 13.9. The number of carboxylic acid groups (broad SMARTS) is 5. The number of pyridine rings is 5. The molecule has 5 aromatic carbocycles. The summed E-state index contributed by atoms with van der Waals surface area (Å²) >= 11 is 6.06. The number of aryl methyl sites for hydroxylation is 2. The van der Waals surface area contributed by atoms with Crippen LogP contribution in [0.25, 0.3) is 168 Å². The lowest BCUT2D eigenvalue weighted by Gasteiger charge is -2.07. The minimum atomic E-state index is -1.31. The molecule has 15 heterocycles. The summed E-state index contributed by atoms with van der Waals surface area (Å²) in [4.78, 5) is 147. The van der Waals surface area contributed by atoms with Gasteiger partial charge in [-0.2, -0.15) is 0 Å². The molecule has 0 aliphatic carbocycles. The topological polar surface area (TPSA) is 490 Å². The van der Waals surface area contributed by atoms with E-state index < -0.39 is 35.7 Å². The zero-order valence-electron chi connectivity index (χ0n) is 81.1. The number of hydrogen-bond donors (Lipinski definition) is 15. The minimum absolute atomic E-state index is 0.0504. The van der Waals surface area contributed by atoms with Crippen molar-refractivity contribution in [3.05, 3.63) is 299 Å². The first-order valence-corrected chi connectivity index (χ1v) is 46.5. The number of carbonyl (C=O) groups is 5. The number of nitrogens with one attached hydrogen (secondary N) is 10. The Morgan fingerprint density at radius 1 is 0.299 bits per heavy atom. The first-order valence-electron chi connectivity index (χ1n) is 46.2. The van der Waals surface area contributed by atoms with Crippen molar-refractivity contribution in [2.45, 2.75) is 46.0 Å². The van der Waals surface area contributed by atoms with Crippen LogP contribution in [-0.4, -0.2) is 283 Å². The highest BCUT2D eigenvalue weighted by molar-refractivity contribution is 6.33. The van der Waals surface area contributed by atoms with Gasteiger partial charge < -0.3 is 99.9 Å². The lowest BCUT2D eigenvalue weighted by molar-refractivity contribution is 0.0681. The fourth-order valence-corrected chi connectivity index (χ4v) is 16.9. The molecule has 0 unspecified atom stereocenters. The number of likely N-dealkylation sites (N-methyl/N-ethyl adjacent to an activating group) is 5. The second-order valence-corrected chi connectivity index (χ2v) is 36.3. The van der Waals surface area contributed by atoms with Crippen molar-refractivity contribution in [3.63, 3.8) is 0 Å². The number of H-pyrrole nitrogens is 10. The zero-order chi connectivity index (χ0) is 102. The Labute approximate surface area is 830 Å². The third-order valence-electron chi connectivity index (χ3n) is 24.2. The van der Waals surface area contributed by atoms with E-state index in [1.165, 1.54) is 6.07 Å². The van der Waals surface area contributed by atoms with Crippen LogP contribution in [0.3, 0.4) is 0 Å². The van der Waals surface area contributed by atoms with Gasteiger partial charge in [0, 0.05) is 209 Å². The fraction of sp³-hybridized carbons (Fsp3) is 0.206. The molecule has 0 saturated heterocycles. The number of carboxylic acids is 5. The highest BCUT2D eigenvalue weighted by Gasteiger charge is 2.28. The van der Waals surface area contributed by atoms with Crippen LogP contribution in [-0.2, 0) is 32.1 Å². The van der Waals surface area contributed by atoms with Gasteiger partial charge in [-0.1, -0.05) is 54.1 Å². The Hall–Kier alpha value is -17.0. The van der Waals surface area contributed by atoms with Gasteiger partial charge in [0.05, 0.1) is 89.8 Å². The number of imidazole rings is 5. The molecule has 15 N–H and O–H groups in total. The summed E-state index contributed by atoms with van der Waals surface area (Å²) in [5.41, 5.74) is 21.8. The van der Waals surface area contributed by atoms with Gasteiger partial charge in [-0.05, 0) is 211 Å². The number of aromatic amines is 10. The van der Waals surface area contributed by atoms with Gasteiger partial charge in [0.25, 0.3) is 0 Å². The van der Waals surface area contributed by atoms with Gasteiger partial charge in [-0.15, -0.1) is 0 Å². The number of halogens is 2. The van der Waals surface area contributed by atoms with Crippen LogP contribution in [0.15, 0.2) is 220 Å². The van der Waals surface area contributed by atoms with Crippen molar-refractivity contribution >= 4 is 96.6 Å². The summed E-state index contributed by atoms with van der Waals surface area (Å²) in [5.74, 6) is -1.81. The number of aromatic carboxylic acids is 5. The quantitative estimate of drug-likeness (QED) is 0.0199. The number of hydrogen-bond acceptors (Lipinski definition) is 20. The van der Waals surface area contributed by atoms with Gasteiger partial charge in [0.1, 0.15) is 63.2 Å². The van der Waals surface area contributed by atoms with Crippen LogP contribution in [0.2, 0.25) is 5.02 Å². The van der Waals surface area contributed by atoms with Crippen molar-refractivity contribution in [2.24, 2.45) is 0 Å². The summed E-state index contributed by atoms with van der Waals surface area (Å²) in [6.07, 6.45) is 21.7. The SMILES string of the molecule is CN(C)CCc1nc(-c2ccc(Cl)c(C(=O)O)c2)c(-c2ccnc3[nH]ccc23)[nH]1.CN(C)CCc1nc(-c2ccc(F)c(C(=O)O)c2)c(-c2ccnc3[nH]ccc23)[nH]1.CN(C)CCc1nc(-c2cccc(C(=O)O)c2)c(-c2ccnc3[nH]ccc23)[nH]1.Cc1ccc(-c2nc(CCN(C)C)[nH]c2-c2ccnc3[nH]ccc23)cc1C(=O)O.Cc1ccc(-c2nc(CCN(C)C)[nH]c2-c2ccnc3[nH]ccc23)cc1C(=O)O. The number of aromatic nitrogens is 20. The molecule has 0 amide bonds. The van der Waals surface area contributed by atoms with E-state index in [9.17, 15) is 53.9 Å². The monoisotopic (exact) mass is 1960 g/mol. The van der Waals surface area contributed by atoms with Gasteiger partial charge in [-0.25, -0.2) is 78.2 Å². The van der Waals surface area contributed by atoms with E-state index in [1.807, 2.05) is 192 Å². The molecule has 35 nitrogen and oxygen atoms in total. The lowest BCUT2D eigenvalue weighted by Crippen LogP contribution is -2.15. The van der Waals surface area contributed by atoms with E-state index >= 15 is 0 Å².